The summed E-state index contributed by atoms with van der Waals surface area (Å²) < 4.78 is 195. The molecule has 1 aromatic rings. The molecule has 0 radical (unpaired) electrons. The van der Waals surface area contributed by atoms with E-state index in [-0.39, 0.29) is 12.2 Å². The third kappa shape index (κ3) is 4.36. The first-order chi connectivity index (χ1) is 14.5. The Kier molecular flexibility index (Phi) is 7.23. The zero-order valence-corrected chi connectivity index (χ0v) is 15.0. The third-order valence-corrected chi connectivity index (χ3v) is 3.88. The number of rotatable bonds is 10. The second-order valence-corrected chi connectivity index (χ2v) is 6.15. The average Bonchev–Trinajstić information content (AvgIpc) is 3.16. The van der Waals surface area contributed by atoms with Gasteiger partial charge in [0.25, 0.3) is 5.91 Å². The van der Waals surface area contributed by atoms with E-state index in [4.69, 9.17) is 0 Å². The maximum Gasteiger partial charge on any atom is 0.460 e. The normalized spacial score (nSPS) is 15.0. The standard InChI is InChI=1S/C12H8F15N5O/c13-6(14,5(33)28-3-1-2-4-29-31-32-30-4)7(15,16)8(17,18)9(19,20)10(21,22)11(23,24)12(25,26)27/h1-3H2,(H,28,33)(H,29,30,31,32). The van der Waals surface area contributed by atoms with Crippen molar-refractivity contribution in [2.24, 2.45) is 0 Å². The van der Waals surface area contributed by atoms with Gasteiger partial charge in [-0.25, -0.2) is 5.10 Å². The molecule has 1 amide bonds. The lowest BCUT2D eigenvalue weighted by Gasteiger charge is -2.41. The molecule has 0 unspecified atom stereocenters. The number of aromatic amines is 1. The second-order valence-electron chi connectivity index (χ2n) is 6.15. The van der Waals surface area contributed by atoms with Crippen molar-refractivity contribution in [1.29, 1.82) is 0 Å². The van der Waals surface area contributed by atoms with Gasteiger partial charge in [-0.15, -0.1) is 5.10 Å². The number of nitrogens with zero attached hydrogens (tertiary/aromatic N) is 3. The van der Waals surface area contributed by atoms with Crippen molar-refractivity contribution < 1.29 is 70.7 Å². The van der Waals surface area contributed by atoms with Crippen molar-refractivity contribution >= 4 is 5.91 Å². The summed E-state index contributed by atoms with van der Waals surface area (Å²) in [6.07, 6.45) is -8.43. The third-order valence-electron chi connectivity index (χ3n) is 3.88. The molecule has 6 nitrogen and oxygen atoms in total. The van der Waals surface area contributed by atoms with Crippen LogP contribution in [0.4, 0.5) is 65.9 Å². The molecule has 0 saturated heterocycles. The Labute approximate surface area is 170 Å². The van der Waals surface area contributed by atoms with Crippen molar-refractivity contribution in [2.45, 2.75) is 54.6 Å². The van der Waals surface area contributed by atoms with E-state index < -0.39 is 60.6 Å². The van der Waals surface area contributed by atoms with Gasteiger partial charge < -0.3 is 5.32 Å². The van der Waals surface area contributed by atoms with Crippen LogP contribution in [0, 0.1) is 0 Å². The quantitative estimate of drug-likeness (QED) is 0.363. The number of nitrogens with one attached hydrogen (secondary N) is 2. The van der Waals surface area contributed by atoms with E-state index in [1.54, 1.807) is 0 Å². The summed E-state index contributed by atoms with van der Waals surface area (Å²) in [7, 11) is 0. The van der Waals surface area contributed by atoms with Gasteiger partial charge in [0, 0.05) is 13.0 Å². The number of carbonyl (C=O) groups excluding carboxylic acids is 1. The highest BCUT2D eigenvalue weighted by Crippen LogP contribution is 2.62. The van der Waals surface area contributed by atoms with Gasteiger partial charge >= 0.3 is 41.7 Å². The molecule has 1 rings (SSSR count). The Morgan fingerprint density at radius 2 is 1.18 bits per heavy atom. The number of H-pyrrole nitrogens is 1. The van der Waals surface area contributed by atoms with Crippen molar-refractivity contribution in [1.82, 2.24) is 25.9 Å². The largest absolute Gasteiger partial charge is 0.460 e. The lowest BCUT2D eigenvalue weighted by molar-refractivity contribution is -0.449. The lowest BCUT2D eigenvalue weighted by Crippen LogP contribution is -2.74. The van der Waals surface area contributed by atoms with Gasteiger partial charge in [0.2, 0.25) is 0 Å². The van der Waals surface area contributed by atoms with Crippen molar-refractivity contribution in [2.75, 3.05) is 6.54 Å². The van der Waals surface area contributed by atoms with Crippen LogP contribution in [-0.4, -0.2) is 74.8 Å². The number of halogens is 15. The Hall–Kier alpha value is -2.51. The summed E-state index contributed by atoms with van der Waals surface area (Å²) in [5, 5.41) is 12.3. The first-order valence-electron chi connectivity index (χ1n) is 7.84. The molecule has 192 valence electrons. The molecule has 0 atom stereocenters. The van der Waals surface area contributed by atoms with E-state index in [1.807, 2.05) is 0 Å². The minimum absolute atomic E-state index is 0.0552. The summed E-state index contributed by atoms with van der Waals surface area (Å²) in [6.45, 7) is -1.06. The Morgan fingerprint density at radius 1 is 0.727 bits per heavy atom. The number of alkyl halides is 15. The number of amides is 1. The zero-order chi connectivity index (χ0) is 26.3. The molecule has 0 aliphatic heterocycles. The van der Waals surface area contributed by atoms with Crippen LogP contribution >= 0.6 is 0 Å². The van der Waals surface area contributed by atoms with Crippen LogP contribution in [0.2, 0.25) is 0 Å². The molecule has 21 heteroatoms. The molecule has 0 bridgehead atoms. The Balaban J connectivity index is 3.18. The van der Waals surface area contributed by atoms with Crippen LogP contribution < -0.4 is 5.32 Å². The lowest BCUT2D eigenvalue weighted by atomic mass is 9.91. The second kappa shape index (κ2) is 8.37. The van der Waals surface area contributed by atoms with Gasteiger partial charge in [0.1, 0.15) is 5.82 Å². The van der Waals surface area contributed by atoms with Crippen LogP contribution in [0.3, 0.4) is 0 Å². The van der Waals surface area contributed by atoms with Gasteiger partial charge in [-0.3, -0.25) is 4.79 Å². The predicted octanol–water partition coefficient (Wildman–Crippen LogP) is 3.62. The van der Waals surface area contributed by atoms with E-state index in [9.17, 15) is 70.7 Å². The van der Waals surface area contributed by atoms with E-state index in [0.29, 0.717) is 0 Å². The predicted molar refractivity (Wildman–Crippen MR) is 71.2 cm³/mol. The molecular weight excluding hydrogens is 515 g/mol. The number of carbonyl (C=O) groups is 1. The van der Waals surface area contributed by atoms with Crippen molar-refractivity contribution in [3.8, 4) is 0 Å². The van der Waals surface area contributed by atoms with Gasteiger partial charge in [-0.2, -0.15) is 65.9 Å². The van der Waals surface area contributed by atoms with Crippen LogP contribution in [-0.2, 0) is 11.2 Å². The molecule has 0 aliphatic rings. The Morgan fingerprint density at radius 3 is 1.61 bits per heavy atom. The highest BCUT2D eigenvalue weighted by molar-refractivity contribution is 5.84. The fraction of sp³-hybridized carbons (Fsp3) is 0.833. The summed E-state index contributed by atoms with van der Waals surface area (Å²) in [5.41, 5.74) is 0. The first kappa shape index (κ1) is 28.5. The maximum absolute atomic E-state index is 13.6. The monoisotopic (exact) mass is 523 g/mol. The minimum atomic E-state index is -8.44. The van der Waals surface area contributed by atoms with E-state index in [2.05, 4.69) is 20.6 Å². The van der Waals surface area contributed by atoms with Crippen molar-refractivity contribution in [3.63, 3.8) is 0 Å². The summed E-state index contributed by atoms with van der Waals surface area (Å²) >= 11 is 0. The van der Waals surface area contributed by atoms with E-state index in [1.165, 1.54) is 0 Å². The molecule has 2 N–H and O–H groups in total. The smallest absolute Gasteiger partial charge is 0.351 e. The maximum atomic E-state index is 13.6. The van der Waals surface area contributed by atoms with Crippen LogP contribution in [0.5, 0.6) is 0 Å². The molecule has 0 spiro atoms. The number of tetrazole rings is 1. The number of aryl methyl sites for hydroxylation is 1. The summed E-state index contributed by atoms with van der Waals surface area (Å²) in [4.78, 5) is 11.2. The molecular formula is C12H8F15N5O. The van der Waals surface area contributed by atoms with Crippen LogP contribution in [0.15, 0.2) is 0 Å². The Bertz CT molecular complexity index is 820. The van der Waals surface area contributed by atoms with Gasteiger partial charge in [0.05, 0.1) is 0 Å². The van der Waals surface area contributed by atoms with Gasteiger partial charge in [-0.1, -0.05) is 0 Å². The molecule has 0 aliphatic carbocycles. The molecule has 0 saturated carbocycles. The summed E-state index contributed by atoms with van der Waals surface area (Å²) in [5.74, 6) is -51.6. The molecule has 0 fully saturated rings. The highest BCUT2D eigenvalue weighted by Gasteiger charge is 2.94. The molecule has 0 aromatic carbocycles. The topological polar surface area (TPSA) is 83.6 Å². The van der Waals surface area contributed by atoms with Crippen LogP contribution in [0.25, 0.3) is 0 Å². The SMILES string of the molecule is O=C(NCCCc1nnn[nH]1)C(F)(F)C(F)(F)C(F)(F)C(F)(F)C(F)(F)C(F)(F)C(F)(F)F. The molecule has 1 aromatic heterocycles. The van der Waals surface area contributed by atoms with Crippen LogP contribution in [0.1, 0.15) is 12.2 Å². The fourth-order valence-corrected chi connectivity index (χ4v) is 1.96. The van der Waals surface area contributed by atoms with Crippen molar-refractivity contribution in [3.05, 3.63) is 5.82 Å². The zero-order valence-electron chi connectivity index (χ0n) is 15.0. The highest BCUT2D eigenvalue weighted by atomic mass is 19.4. The first-order valence-corrected chi connectivity index (χ1v) is 7.84. The number of hydrogen-bond donors (Lipinski definition) is 2. The minimum Gasteiger partial charge on any atom is -0.351 e. The van der Waals surface area contributed by atoms with E-state index in [0.717, 1.165) is 5.32 Å². The van der Waals surface area contributed by atoms with Gasteiger partial charge in [0.15, 0.2) is 0 Å². The van der Waals surface area contributed by atoms with Gasteiger partial charge in [-0.05, 0) is 16.8 Å². The summed E-state index contributed by atoms with van der Waals surface area (Å²) in [6, 6.07) is 0. The average molecular weight is 523 g/mol. The van der Waals surface area contributed by atoms with E-state index >= 15 is 0 Å². The number of aromatic nitrogens is 4. The molecule has 33 heavy (non-hydrogen) atoms. The fourth-order valence-electron chi connectivity index (χ4n) is 1.96. The number of hydrogen-bond acceptors (Lipinski definition) is 4. The molecule has 1 heterocycles.